The van der Waals surface area contributed by atoms with E-state index < -0.39 is 0 Å². The van der Waals surface area contributed by atoms with E-state index >= 15 is 0 Å². The first-order valence-corrected chi connectivity index (χ1v) is 6.22. The number of anilines is 1. The monoisotopic (exact) mass is 245 g/mol. The minimum Gasteiger partial charge on any atom is -0.358 e. The number of nitriles is 1. The molecule has 1 fully saturated rings. The Labute approximate surface area is 107 Å². The number of hydrogen-bond donors (Lipinski definition) is 2. The standard InChI is InChI=1S/C13H15N3S/c14-9-10-5-4-8-12(10)16-13(17)15-11-6-2-1-3-7-11/h1-3,6-7,10,12H,4-5,8H2,(H2,15,16,17)/t10-,12-/m0/s1. The van der Waals surface area contributed by atoms with E-state index in [0.29, 0.717) is 5.11 Å². The summed E-state index contributed by atoms with van der Waals surface area (Å²) in [6, 6.07) is 12.3. The summed E-state index contributed by atoms with van der Waals surface area (Å²) in [7, 11) is 0. The molecule has 1 aliphatic carbocycles. The molecule has 2 N–H and O–H groups in total. The third-order valence-corrected chi connectivity index (χ3v) is 3.25. The van der Waals surface area contributed by atoms with Gasteiger partial charge in [0.05, 0.1) is 12.0 Å². The molecule has 88 valence electrons. The van der Waals surface area contributed by atoms with Crippen molar-refractivity contribution in [3.05, 3.63) is 30.3 Å². The first-order chi connectivity index (χ1) is 8.29. The van der Waals surface area contributed by atoms with Crippen molar-refractivity contribution in [2.75, 3.05) is 5.32 Å². The zero-order valence-electron chi connectivity index (χ0n) is 9.52. The van der Waals surface area contributed by atoms with Gasteiger partial charge in [0.2, 0.25) is 0 Å². The molecule has 0 amide bonds. The Morgan fingerprint density at radius 3 is 2.76 bits per heavy atom. The molecule has 2 rings (SSSR count). The summed E-state index contributed by atoms with van der Waals surface area (Å²) in [5.41, 5.74) is 0.969. The van der Waals surface area contributed by atoms with Crippen LogP contribution in [0.3, 0.4) is 0 Å². The Kier molecular flexibility index (Phi) is 3.94. The van der Waals surface area contributed by atoms with E-state index in [-0.39, 0.29) is 12.0 Å². The third kappa shape index (κ3) is 3.18. The van der Waals surface area contributed by atoms with Crippen molar-refractivity contribution in [3.8, 4) is 6.07 Å². The van der Waals surface area contributed by atoms with Crippen LogP contribution in [0.1, 0.15) is 19.3 Å². The minimum absolute atomic E-state index is 0.0884. The zero-order chi connectivity index (χ0) is 12.1. The van der Waals surface area contributed by atoms with E-state index in [0.717, 1.165) is 24.9 Å². The molecule has 4 heteroatoms. The maximum Gasteiger partial charge on any atom is 0.171 e. The van der Waals surface area contributed by atoms with Crippen LogP contribution in [-0.4, -0.2) is 11.2 Å². The van der Waals surface area contributed by atoms with Gasteiger partial charge in [0.1, 0.15) is 0 Å². The van der Waals surface area contributed by atoms with Crippen molar-refractivity contribution in [2.45, 2.75) is 25.3 Å². The van der Waals surface area contributed by atoms with Gasteiger partial charge < -0.3 is 10.6 Å². The number of rotatable bonds is 2. The van der Waals surface area contributed by atoms with Gasteiger partial charge in [-0.2, -0.15) is 5.26 Å². The van der Waals surface area contributed by atoms with Crippen LogP contribution in [0.15, 0.2) is 30.3 Å². The summed E-state index contributed by atoms with van der Waals surface area (Å²) < 4.78 is 0. The lowest BCUT2D eigenvalue weighted by molar-refractivity contribution is 0.544. The molecular formula is C13H15N3S. The highest BCUT2D eigenvalue weighted by Crippen LogP contribution is 2.24. The van der Waals surface area contributed by atoms with E-state index in [2.05, 4.69) is 16.7 Å². The van der Waals surface area contributed by atoms with Gasteiger partial charge in [0.15, 0.2) is 5.11 Å². The van der Waals surface area contributed by atoms with Crippen LogP contribution < -0.4 is 10.6 Å². The number of para-hydroxylation sites is 1. The molecule has 0 saturated heterocycles. The molecule has 1 aromatic carbocycles. The summed E-state index contributed by atoms with van der Waals surface area (Å²) in [4.78, 5) is 0. The smallest absolute Gasteiger partial charge is 0.171 e. The van der Waals surface area contributed by atoms with Gasteiger partial charge in [-0.25, -0.2) is 0 Å². The van der Waals surface area contributed by atoms with E-state index in [1.807, 2.05) is 30.3 Å². The molecule has 0 radical (unpaired) electrons. The summed E-state index contributed by atoms with van der Waals surface area (Å²) in [5, 5.41) is 15.9. The molecule has 0 spiro atoms. The van der Waals surface area contributed by atoms with Crippen LogP contribution in [0.4, 0.5) is 5.69 Å². The maximum absolute atomic E-state index is 8.99. The predicted octanol–water partition coefficient (Wildman–Crippen LogP) is 2.67. The second-order valence-corrected chi connectivity index (χ2v) is 4.65. The lowest BCUT2D eigenvalue weighted by Gasteiger charge is -2.18. The summed E-state index contributed by atoms with van der Waals surface area (Å²) in [6.07, 6.45) is 3.10. The second kappa shape index (κ2) is 5.65. The highest BCUT2D eigenvalue weighted by Gasteiger charge is 2.27. The number of hydrogen-bond acceptors (Lipinski definition) is 2. The Bertz CT molecular complexity index is 424. The summed E-state index contributed by atoms with van der Waals surface area (Å²) >= 11 is 5.24. The van der Waals surface area contributed by atoms with E-state index in [4.69, 9.17) is 17.5 Å². The van der Waals surface area contributed by atoms with Crippen molar-refractivity contribution >= 4 is 23.0 Å². The van der Waals surface area contributed by atoms with Crippen LogP contribution in [0, 0.1) is 17.2 Å². The Hall–Kier alpha value is -1.60. The van der Waals surface area contributed by atoms with Gasteiger partial charge in [-0.15, -0.1) is 0 Å². The van der Waals surface area contributed by atoms with Gasteiger partial charge in [-0.1, -0.05) is 18.2 Å². The SMILES string of the molecule is N#C[C@@H]1CCC[C@@H]1NC(=S)Nc1ccccc1. The largest absolute Gasteiger partial charge is 0.358 e. The highest BCUT2D eigenvalue weighted by molar-refractivity contribution is 7.80. The molecule has 0 unspecified atom stereocenters. The molecule has 3 nitrogen and oxygen atoms in total. The Morgan fingerprint density at radius 1 is 1.29 bits per heavy atom. The Morgan fingerprint density at radius 2 is 2.06 bits per heavy atom. The molecule has 17 heavy (non-hydrogen) atoms. The molecular weight excluding hydrogens is 230 g/mol. The van der Waals surface area contributed by atoms with Crippen LogP contribution in [0.5, 0.6) is 0 Å². The van der Waals surface area contributed by atoms with Crippen molar-refractivity contribution in [1.29, 1.82) is 5.26 Å². The zero-order valence-corrected chi connectivity index (χ0v) is 10.3. The topological polar surface area (TPSA) is 47.9 Å². The fourth-order valence-electron chi connectivity index (χ4n) is 2.14. The number of nitrogens with one attached hydrogen (secondary N) is 2. The van der Waals surface area contributed by atoms with Crippen molar-refractivity contribution in [2.24, 2.45) is 5.92 Å². The molecule has 0 aromatic heterocycles. The van der Waals surface area contributed by atoms with Crippen LogP contribution in [-0.2, 0) is 0 Å². The van der Waals surface area contributed by atoms with Gasteiger partial charge >= 0.3 is 0 Å². The third-order valence-electron chi connectivity index (χ3n) is 3.03. The fourth-order valence-corrected chi connectivity index (χ4v) is 2.41. The maximum atomic E-state index is 8.99. The molecule has 0 aliphatic heterocycles. The first kappa shape index (κ1) is 11.9. The van der Waals surface area contributed by atoms with Crippen LogP contribution in [0.2, 0.25) is 0 Å². The molecule has 0 heterocycles. The first-order valence-electron chi connectivity index (χ1n) is 5.82. The quantitative estimate of drug-likeness (QED) is 0.786. The van der Waals surface area contributed by atoms with E-state index in [1.54, 1.807) is 0 Å². The minimum atomic E-state index is 0.0884. The molecule has 2 atom stereocenters. The predicted molar refractivity (Wildman–Crippen MR) is 72.5 cm³/mol. The average molecular weight is 245 g/mol. The highest BCUT2D eigenvalue weighted by atomic mass is 32.1. The molecule has 1 aromatic rings. The average Bonchev–Trinajstić information content (AvgIpc) is 2.77. The lowest BCUT2D eigenvalue weighted by atomic mass is 10.1. The summed E-state index contributed by atoms with van der Waals surface area (Å²) in [5.74, 6) is 0.0884. The van der Waals surface area contributed by atoms with Crippen molar-refractivity contribution < 1.29 is 0 Å². The number of benzene rings is 1. The number of thiocarbonyl (C=S) groups is 1. The van der Waals surface area contributed by atoms with Crippen molar-refractivity contribution in [1.82, 2.24) is 5.32 Å². The van der Waals surface area contributed by atoms with Gasteiger partial charge in [0.25, 0.3) is 0 Å². The van der Waals surface area contributed by atoms with Gasteiger partial charge in [0, 0.05) is 11.7 Å². The molecule has 1 saturated carbocycles. The molecule has 1 aliphatic rings. The Balaban J connectivity index is 1.88. The van der Waals surface area contributed by atoms with Gasteiger partial charge in [-0.05, 0) is 43.6 Å². The number of nitrogens with zero attached hydrogens (tertiary/aromatic N) is 1. The van der Waals surface area contributed by atoms with Crippen LogP contribution >= 0.6 is 12.2 Å². The van der Waals surface area contributed by atoms with Crippen LogP contribution in [0.25, 0.3) is 0 Å². The lowest BCUT2D eigenvalue weighted by Crippen LogP contribution is -2.39. The van der Waals surface area contributed by atoms with Gasteiger partial charge in [-0.3, -0.25) is 0 Å². The summed E-state index contributed by atoms with van der Waals surface area (Å²) in [6.45, 7) is 0. The van der Waals surface area contributed by atoms with E-state index in [9.17, 15) is 0 Å². The van der Waals surface area contributed by atoms with Crippen molar-refractivity contribution in [3.63, 3.8) is 0 Å². The normalized spacial score (nSPS) is 22.8. The molecule has 0 bridgehead atoms. The fraction of sp³-hybridized carbons (Fsp3) is 0.385. The second-order valence-electron chi connectivity index (χ2n) is 4.24. The van der Waals surface area contributed by atoms with E-state index in [1.165, 1.54) is 0 Å².